The van der Waals surface area contributed by atoms with Crippen LogP contribution in [-0.2, 0) is 9.53 Å². The number of ether oxygens (including phenoxy) is 1. The Bertz CT molecular complexity index is 593. The minimum absolute atomic E-state index is 0. The smallest absolute Gasteiger partial charge is 0.243 e. The van der Waals surface area contributed by atoms with Crippen LogP contribution in [0, 0.1) is 0 Å². The average Bonchev–Trinajstić information content (AvgIpc) is 3.07. The highest BCUT2D eigenvalue weighted by atomic mass is 127. The maximum absolute atomic E-state index is 11.8. The van der Waals surface area contributed by atoms with Gasteiger partial charge in [0.1, 0.15) is 6.54 Å². The number of guanidine groups is 1. The summed E-state index contributed by atoms with van der Waals surface area (Å²) in [4.78, 5) is 19.0. The fourth-order valence-corrected chi connectivity index (χ4v) is 3.35. The van der Waals surface area contributed by atoms with Crippen LogP contribution in [0.15, 0.2) is 40.2 Å². The third kappa shape index (κ3) is 9.16. The van der Waals surface area contributed by atoms with Crippen molar-refractivity contribution in [3.8, 4) is 0 Å². The Kier molecular flexibility index (Phi) is 11.1. The van der Waals surface area contributed by atoms with Crippen molar-refractivity contribution in [2.24, 2.45) is 4.99 Å². The van der Waals surface area contributed by atoms with Gasteiger partial charge in [0.2, 0.25) is 5.91 Å². The number of carbonyl (C=O) groups excluding carboxylic acids is 1. The molecule has 1 saturated heterocycles. The molecule has 152 valence electrons. The van der Waals surface area contributed by atoms with Crippen molar-refractivity contribution in [1.82, 2.24) is 15.5 Å². The van der Waals surface area contributed by atoms with Crippen LogP contribution in [0.25, 0.3) is 0 Å². The minimum Gasteiger partial charge on any atom is -0.373 e. The van der Waals surface area contributed by atoms with Gasteiger partial charge in [-0.05, 0) is 31.9 Å². The summed E-state index contributed by atoms with van der Waals surface area (Å²) in [6.07, 6.45) is 2.12. The summed E-state index contributed by atoms with van der Waals surface area (Å²) < 4.78 is 5.81. The van der Waals surface area contributed by atoms with Crippen molar-refractivity contribution in [2.75, 3.05) is 46.1 Å². The van der Waals surface area contributed by atoms with Gasteiger partial charge in [-0.3, -0.25) is 4.79 Å². The molecule has 1 heterocycles. The number of amides is 1. The van der Waals surface area contributed by atoms with Crippen LogP contribution in [0.4, 0.5) is 0 Å². The lowest BCUT2D eigenvalue weighted by molar-refractivity contribution is -0.127. The van der Waals surface area contributed by atoms with Gasteiger partial charge in [0.05, 0.1) is 5.60 Å². The highest BCUT2D eigenvalue weighted by Gasteiger charge is 2.29. The zero-order valence-electron chi connectivity index (χ0n) is 16.4. The lowest BCUT2D eigenvalue weighted by Gasteiger charge is -2.25. The third-order valence-electron chi connectivity index (χ3n) is 4.21. The van der Waals surface area contributed by atoms with E-state index in [1.165, 1.54) is 4.90 Å². The second kappa shape index (κ2) is 12.5. The number of aliphatic imine (C=N–C) groups is 1. The Labute approximate surface area is 183 Å². The molecule has 1 aromatic carbocycles. The molecule has 0 aliphatic carbocycles. The summed E-state index contributed by atoms with van der Waals surface area (Å²) in [6, 6.07) is 10.3. The Hall–Kier alpha value is -1.000. The molecule has 1 aromatic rings. The third-order valence-corrected chi connectivity index (χ3v) is 5.22. The van der Waals surface area contributed by atoms with E-state index in [0.717, 1.165) is 31.7 Å². The molecule has 1 aliphatic heterocycles. The van der Waals surface area contributed by atoms with Crippen molar-refractivity contribution in [1.29, 1.82) is 0 Å². The maximum Gasteiger partial charge on any atom is 0.243 e. The van der Waals surface area contributed by atoms with Crippen molar-refractivity contribution in [2.45, 2.75) is 30.3 Å². The molecule has 1 unspecified atom stereocenters. The van der Waals surface area contributed by atoms with E-state index in [1.54, 1.807) is 30.8 Å². The first-order valence-corrected chi connectivity index (χ1v) is 10.0. The Morgan fingerprint density at radius 1 is 1.30 bits per heavy atom. The number of thioether (sulfide) groups is 1. The first-order valence-electron chi connectivity index (χ1n) is 9.03. The number of hydrogen-bond donors (Lipinski definition) is 2. The number of nitrogens with one attached hydrogen (secondary N) is 2. The van der Waals surface area contributed by atoms with E-state index >= 15 is 0 Å². The summed E-state index contributed by atoms with van der Waals surface area (Å²) in [5.41, 5.74) is -0.160. The van der Waals surface area contributed by atoms with E-state index < -0.39 is 0 Å². The van der Waals surface area contributed by atoms with Gasteiger partial charge in [-0.25, -0.2) is 4.99 Å². The molecule has 2 rings (SSSR count). The van der Waals surface area contributed by atoms with Crippen LogP contribution in [-0.4, -0.2) is 68.5 Å². The molecule has 2 N–H and O–H groups in total. The first kappa shape index (κ1) is 24.0. The van der Waals surface area contributed by atoms with Crippen molar-refractivity contribution < 1.29 is 9.53 Å². The molecular formula is C19H31IN4O2S. The van der Waals surface area contributed by atoms with Gasteiger partial charge < -0.3 is 20.3 Å². The van der Waals surface area contributed by atoms with Gasteiger partial charge in [-0.1, -0.05) is 18.2 Å². The Morgan fingerprint density at radius 3 is 2.67 bits per heavy atom. The molecule has 1 amide bonds. The maximum atomic E-state index is 11.8. The van der Waals surface area contributed by atoms with Crippen molar-refractivity contribution in [3.05, 3.63) is 30.3 Å². The zero-order valence-corrected chi connectivity index (χ0v) is 19.5. The molecule has 1 atom stereocenters. The summed E-state index contributed by atoms with van der Waals surface area (Å²) in [6.45, 7) is 4.50. The van der Waals surface area contributed by atoms with Crippen LogP contribution in [0.1, 0.15) is 19.8 Å². The van der Waals surface area contributed by atoms with E-state index in [2.05, 4.69) is 34.7 Å². The van der Waals surface area contributed by atoms with Crippen LogP contribution in [0.3, 0.4) is 0 Å². The van der Waals surface area contributed by atoms with E-state index in [1.807, 2.05) is 18.2 Å². The monoisotopic (exact) mass is 506 g/mol. The molecule has 0 bridgehead atoms. The molecule has 1 fully saturated rings. The molecule has 8 heteroatoms. The van der Waals surface area contributed by atoms with Crippen LogP contribution in [0.5, 0.6) is 0 Å². The summed E-state index contributed by atoms with van der Waals surface area (Å²) >= 11 is 1.79. The summed E-state index contributed by atoms with van der Waals surface area (Å²) in [5.74, 6) is 1.55. The number of carbonyl (C=O) groups is 1. The van der Waals surface area contributed by atoms with Crippen molar-refractivity contribution >= 4 is 47.6 Å². The second-order valence-electron chi connectivity index (χ2n) is 6.80. The van der Waals surface area contributed by atoms with E-state index in [4.69, 9.17) is 4.74 Å². The van der Waals surface area contributed by atoms with Gasteiger partial charge >= 0.3 is 0 Å². The molecule has 0 aromatic heterocycles. The normalized spacial score (nSPS) is 19.3. The molecule has 6 nitrogen and oxygen atoms in total. The number of hydrogen-bond acceptors (Lipinski definition) is 4. The largest absolute Gasteiger partial charge is 0.373 e. The van der Waals surface area contributed by atoms with Gasteiger partial charge in [0.25, 0.3) is 0 Å². The van der Waals surface area contributed by atoms with Gasteiger partial charge in [-0.2, -0.15) is 0 Å². The van der Waals surface area contributed by atoms with E-state index in [0.29, 0.717) is 12.5 Å². The summed E-state index contributed by atoms with van der Waals surface area (Å²) in [7, 11) is 3.48. The lowest BCUT2D eigenvalue weighted by atomic mass is 10.0. The molecule has 1 aliphatic rings. The number of nitrogens with zero attached hydrogens (tertiary/aromatic N) is 2. The lowest BCUT2D eigenvalue weighted by Crippen LogP contribution is -2.46. The Morgan fingerprint density at radius 2 is 2.04 bits per heavy atom. The topological polar surface area (TPSA) is 66.0 Å². The fraction of sp³-hybridized carbons (Fsp3) is 0.579. The minimum atomic E-state index is -0.160. The summed E-state index contributed by atoms with van der Waals surface area (Å²) in [5, 5.41) is 6.65. The van der Waals surface area contributed by atoms with Gasteiger partial charge in [-0.15, -0.1) is 35.7 Å². The molecule has 0 spiro atoms. The molecular weight excluding hydrogens is 475 g/mol. The van der Waals surface area contributed by atoms with Crippen LogP contribution in [0.2, 0.25) is 0 Å². The number of rotatable bonds is 8. The molecule has 27 heavy (non-hydrogen) atoms. The fourth-order valence-electron chi connectivity index (χ4n) is 2.56. The van der Waals surface area contributed by atoms with E-state index in [-0.39, 0.29) is 42.0 Å². The van der Waals surface area contributed by atoms with Crippen LogP contribution >= 0.6 is 35.7 Å². The predicted octanol–water partition coefficient (Wildman–Crippen LogP) is 2.59. The Balaban J connectivity index is 0.00000364. The van der Waals surface area contributed by atoms with E-state index in [9.17, 15) is 4.79 Å². The molecule has 0 radical (unpaired) electrons. The van der Waals surface area contributed by atoms with Gasteiger partial charge in [0, 0.05) is 44.4 Å². The average molecular weight is 506 g/mol. The zero-order chi connectivity index (χ0) is 18.8. The number of halogens is 1. The SMILES string of the molecule is CN(C)C(=O)CN=C(NCCSc1ccccc1)NCC1(C)CCCO1.I. The number of benzene rings is 1. The molecule has 0 saturated carbocycles. The highest BCUT2D eigenvalue weighted by molar-refractivity contribution is 14.0. The van der Waals surface area contributed by atoms with Crippen LogP contribution < -0.4 is 10.6 Å². The van der Waals surface area contributed by atoms with Crippen molar-refractivity contribution in [3.63, 3.8) is 0 Å². The number of likely N-dealkylation sites (N-methyl/N-ethyl adjacent to an activating group) is 1. The predicted molar refractivity (Wildman–Crippen MR) is 123 cm³/mol. The standard InChI is InChI=1S/C19H30N4O2S.HI/c1-19(10-7-12-25-19)15-22-18(21-14-17(24)23(2)3)20-11-13-26-16-8-5-4-6-9-16;/h4-6,8-9H,7,10-15H2,1-3H3,(H2,20,21,22);1H. The first-order chi connectivity index (χ1) is 12.5. The quantitative estimate of drug-likeness (QED) is 0.187. The highest BCUT2D eigenvalue weighted by Crippen LogP contribution is 2.23. The van der Waals surface area contributed by atoms with Gasteiger partial charge in [0.15, 0.2) is 5.96 Å². The second-order valence-corrected chi connectivity index (χ2v) is 7.97.